The Morgan fingerprint density at radius 2 is 0.662 bits per heavy atom. The Morgan fingerprint density at radius 3 is 1.06 bits per heavy atom. The first kappa shape index (κ1) is 64.8. The SMILES string of the molecule is CC/C=C\C/C=C\C/C=C\C/C=C\C/C=C\CCCCCCOCC(COC(=O)CCCCCCCCCCCCCCCCCCC)OC(=O)CCCCCCC/C=C\C/C=C\C/C=C\CC. The van der Waals surface area contributed by atoms with Crippen molar-refractivity contribution >= 4 is 11.9 Å². The summed E-state index contributed by atoms with van der Waals surface area (Å²) in [5.41, 5.74) is 0. The van der Waals surface area contributed by atoms with Crippen LogP contribution >= 0.6 is 0 Å². The molecule has 0 radical (unpaired) electrons. The van der Waals surface area contributed by atoms with E-state index in [2.05, 4.69) is 118 Å². The highest BCUT2D eigenvalue weighted by atomic mass is 16.6. The molecule has 0 rings (SSSR count). The van der Waals surface area contributed by atoms with Crippen LogP contribution in [0.25, 0.3) is 0 Å². The fraction of sp³-hybridized carbons (Fsp3) is 0.714. The van der Waals surface area contributed by atoms with Crippen molar-refractivity contribution < 1.29 is 23.8 Å². The third-order valence-electron chi connectivity index (χ3n) is 12.1. The summed E-state index contributed by atoms with van der Waals surface area (Å²) in [6, 6.07) is 0. The molecule has 0 amide bonds. The van der Waals surface area contributed by atoms with E-state index in [4.69, 9.17) is 14.2 Å². The van der Waals surface area contributed by atoms with Gasteiger partial charge in [-0.3, -0.25) is 9.59 Å². The zero-order chi connectivity index (χ0) is 49.2. The van der Waals surface area contributed by atoms with Crippen molar-refractivity contribution in [2.75, 3.05) is 19.8 Å². The average molecular weight is 946 g/mol. The Labute approximate surface area is 422 Å². The molecule has 1 unspecified atom stereocenters. The first-order chi connectivity index (χ1) is 33.6. The number of esters is 2. The summed E-state index contributed by atoms with van der Waals surface area (Å²) in [5, 5.41) is 0. The average Bonchev–Trinajstić information content (AvgIpc) is 3.34. The highest BCUT2D eigenvalue weighted by Gasteiger charge is 2.17. The van der Waals surface area contributed by atoms with Crippen molar-refractivity contribution in [1.82, 2.24) is 0 Å². The number of hydrogen-bond donors (Lipinski definition) is 0. The third-order valence-corrected chi connectivity index (χ3v) is 12.1. The number of ether oxygens (including phenoxy) is 3. The summed E-state index contributed by atoms with van der Waals surface area (Å²) >= 11 is 0. The first-order valence-electron chi connectivity index (χ1n) is 28.8. The normalized spacial score (nSPS) is 12.9. The summed E-state index contributed by atoms with van der Waals surface area (Å²) in [6.07, 6.45) is 78.6. The topological polar surface area (TPSA) is 61.8 Å². The van der Waals surface area contributed by atoms with Gasteiger partial charge in [-0.25, -0.2) is 0 Å². The van der Waals surface area contributed by atoms with Crippen LogP contribution in [-0.4, -0.2) is 37.9 Å². The molecule has 0 saturated carbocycles. The summed E-state index contributed by atoms with van der Waals surface area (Å²) < 4.78 is 17.4. The standard InChI is InChI=1S/C63H108O5/c1-4-7-10-13-16-19-22-25-28-30-31-32-34-37-40-43-46-49-52-55-58-66-59-61(68-63(65)57-54-51-48-45-42-39-35-27-24-21-18-15-12-9-6-3)60-67-62(64)56-53-50-47-44-41-38-36-33-29-26-23-20-17-14-11-8-5-2/h7,9-10,12,16,18-19,21,25,27-28,31-32,35,37,40,61H,4-6,8,11,13-15,17,20,22-24,26,29-30,33-34,36,38-39,41-60H2,1-3H3/b10-7-,12-9-,19-16-,21-18-,28-25-,32-31-,35-27-,40-37-. The maximum absolute atomic E-state index is 12.8. The van der Waals surface area contributed by atoms with Gasteiger partial charge >= 0.3 is 11.9 Å². The monoisotopic (exact) mass is 945 g/mol. The maximum atomic E-state index is 12.8. The molecule has 0 aliphatic heterocycles. The van der Waals surface area contributed by atoms with E-state index in [9.17, 15) is 9.59 Å². The molecule has 0 aromatic carbocycles. The van der Waals surface area contributed by atoms with Crippen molar-refractivity contribution in [3.63, 3.8) is 0 Å². The lowest BCUT2D eigenvalue weighted by Crippen LogP contribution is -2.30. The van der Waals surface area contributed by atoms with E-state index in [1.165, 1.54) is 122 Å². The van der Waals surface area contributed by atoms with Crippen LogP contribution in [0.15, 0.2) is 97.2 Å². The molecule has 0 fully saturated rings. The maximum Gasteiger partial charge on any atom is 0.306 e. The Morgan fingerprint density at radius 1 is 0.338 bits per heavy atom. The minimum atomic E-state index is -0.563. The lowest BCUT2D eigenvalue weighted by Gasteiger charge is -2.18. The van der Waals surface area contributed by atoms with Crippen LogP contribution in [0.1, 0.15) is 265 Å². The Kier molecular flexibility index (Phi) is 55.4. The van der Waals surface area contributed by atoms with Crippen molar-refractivity contribution in [2.24, 2.45) is 0 Å². The molecule has 0 aromatic rings. The number of hydrogen-bond acceptors (Lipinski definition) is 5. The van der Waals surface area contributed by atoms with Gasteiger partial charge in [-0.15, -0.1) is 0 Å². The van der Waals surface area contributed by atoms with Gasteiger partial charge in [0.2, 0.25) is 0 Å². The number of unbranched alkanes of at least 4 members (excludes halogenated alkanes) is 25. The highest BCUT2D eigenvalue weighted by Crippen LogP contribution is 2.15. The summed E-state index contributed by atoms with van der Waals surface area (Å²) in [5.74, 6) is -0.426. The van der Waals surface area contributed by atoms with Crippen LogP contribution < -0.4 is 0 Å². The Hall–Kier alpha value is -3.18. The van der Waals surface area contributed by atoms with Gasteiger partial charge < -0.3 is 14.2 Å². The molecule has 1 atom stereocenters. The summed E-state index contributed by atoms with van der Waals surface area (Å²) in [4.78, 5) is 25.5. The third kappa shape index (κ3) is 55.4. The van der Waals surface area contributed by atoms with Gasteiger partial charge in [-0.2, -0.15) is 0 Å². The second-order valence-electron chi connectivity index (χ2n) is 18.8. The van der Waals surface area contributed by atoms with E-state index in [0.29, 0.717) is 19.4 Å². The van der Waals surface area contributed by atoms with E-state index in [1.807, 2.05) is 0 Å². The van der Waals surface area contributed by atoms with Gasteiger partial charge in [0, 0.05) is 19.4 Å². The minimum absolute atomic E-state index is 0.0655. The molecule has 0 saturated heterocycles. The lowest BCUT2D eigenvalue weighted by atomic mass is 10.0. The zero-order valence-electron chi connectivity index (χ0n) is 44.8. The summed E-state index contributed by atoms with van der Waals surface area (Å²) in [6.45, 7) is 7.55. The molecular formula is C63H108O5. The predicted molar refractivity (Wildman–Crippen MR) is 297 cm³/mol. The molecule has 390 valence electrons. The smallest absolute Gasteiger partial charge is 0.306 e. The van der Waals surface area contributed by atoms with E-state index in [-0.39, 0.29) is 25.2 Å². The van der Waals surface area contributed by atoms with Crippen LogP contribution in [0.5, 0.6) is 0 Å². The molecule has 5 heteroatoms. The van der Waals surface area contributed by atoms with Crippen molar-refractivity contribution in [1.29, 1.82) is 0 Å². The second-order valence-corrected chi connectivity index (χ2v) is 18.8. The largest absolute Gasteiger partial charge is 0.462 e. The van der Waals surface area contributed by atoms with Crippen LogP contribution in [0, 0.1) is 0 Å². The van der Waals surface area contributed by atoms with Crippen molar-refractivity contribution in [2.45, 2.75) is 271 Å². The van der Waals surface area contributed by atoms with Gasteiger partial charge in [0.25, 0.3) is 0 Å². The molecule has 0 bridgehead atoms. The molecule has 5 nitrogen and oxygen atoms in total. The van der Waals surface area contributed by atoms with E-state index in [0.717, 1.165) is 109 Å². The Balaban J connectivity index is 4.34. The molecule has 0 aliphatic rings. The fourth-order valence-electron chi connectivity index (χ4n) is 7.90. The van der Waals surface area contributed by atoms with E-state index in [1.54, 1.807) is 0 Å². The summed E-state index contributed by atoms with van der Waals surface area (Å²) in [7, 11) is 0. The van der Waals surface area contributed by atoms with Crippen LogP contribution in [0.4, 0.5) is 0 Å². The minimum Gasteiger partial charge on any atom is -0.462 e. The first-order valence-corrected chi connectivity index (χ1v) is 28.8. The number of allylic oxidation sites excluding steroid dienone is 16. The molecule has 0 aliphatic carbocycles. The molecule has 0 spiro atoms. The molecule has 68 heavy (non-hydrogen) atoms. The van der Waals surface area contributed by atoms with Crippen molar-refractivity contribution in [3.05, 3.63) is 97.2 Å². The highest BCUT2D eigenvalue weighted by molar-refractivity contribution is 5.70. The van der Waals surface area contributed by atoms with Crippen LogP contribution in [0.3, 0.4) is 0 Å². The van der Waals surface area contributed by atoms with E-state index < -0.39 is 6.10 Å². The molecular weight excluding hydrogens is 837 g/mol. The zero-order valence-corrected chi connectivity index (χ0v) is 44.8. The predicted octanol–water partition coefficient (Wildman–Crippen LogP) is 19.8. The van der Waals surface area contributed by atoms with E-state index >= 15 is 0 Å². The number of carbonyl (C=O) groups is 2. The van der Waals surface area contributed by atoms with Crippen molar-refractivity contribution in [3.8, 4) is 0 Å². The molecule has 0 N–H and O–H groups in total. The van der Waals surface area contributed by atoms with Gasteiger partial charge in [0.1, 0.15) is 6.61 Å². The number of carbonyl (C=O) groups excluding carboxylic acids is 2. The van der Waals surface area contributed by atoms with Gasteiger partial charge in [0.05, 0.1) is 6.61 Å². The van der Waals surface area contributed by atoms with Gasteiger partial charge in [-0.1, -0.05) is 253 Å². The molecule has 0 heterocycles. The lowest BCUT2D eigenvalue weighted by molar-refractivity contribution is -0.163. The van der Waals surface area contributed by atoms with Gasteiger partial charge in [0.15, 0.2) is 6.10 Å². The van der Waals surface area contributed by atoms with Crippen LogP contribution in [0.2, 0.25) is 0 Å². The molecule has 0 aromatic heterocycles. The Bertz CT molecular complexity index is 1300. The second kappa shape index (κ2) is 58.1. The fourth-order valence-corrected chi connectivity index (χ4v) is 7.90. The quantitative estimate of drug-likeness (QED) is 0.0345. The van der Waals surface area contributed by atoms with Crippen LogP contribution in [-0.2, 0) is 23.8 Å². The van der Waals surface area contributed by atoms with Gasteiger partial charge in [-0.05, 0) is 96.3 Å². The number of rotatable bonds is 52.